The quantitative estimate of drug-likeness (QED) is 0.675. The number of fused-ring (bicyclic) bond motifs is 5. The fourth-order valence-corrected chi connectivity index (χ4v) is 5.10. The molecule has 0 amide bonds. The van der Waals surface area contributed by atoms with Crippen LogP contribution in [0, 0.1) is 0 Å². The van der Waals surface area contributed by atoms with Gasteiger partial charge in [-0.2, -0.15) is 0 Å². The maximum absolute atomic E-state index is 11.6. The van der Waals surface area contributed by atoms with E-state index < -0.39 is 5.97 Å². The van der Waals surface area contributed by atoms with E-state index in [9.17, 15) is 9.90 Å². The van der Waals surface area contributed by atoms with Gasteiger partial charge >= 0.3 is 5.97 Å². The number of nitrogens with zero attached hydrogens (tertiary/aromatic N) is 2. The molecule has 0 atom stereocenters. The molecule has 5 nitrogen and oxygen atoms in total. The van der Waals surface area contributed by atoms with E-state index in [0.29, 0.717) is 11.5 Å². The molecule has 0 bridgehead atoms. The zero-order chi connectivity index (χ0) is 19.3. The molecule has 5 heteroatoms. The number of aromatic nitrogens is 1. The Balaban J connectivity index is 1.82. The third kappa shape index (κ3) is 2.76. The van der Waals surface area contributed by atoms with Crippen molar-refractivity contribution < 1.29 is 14.3 Å². The Bertz CT molecular complexity index is 1040. The van der Waals surface area contributed by atoms with Crippen molar-refractivity contribution >= 4 is 16.9 Å². The van der Waals surface area contributed by atoms with Gasteiger partial charge in [-0.25, -0.2) is 4.79 Å². The van der Waals surface area contributed by atoms with E-state index in [0.717, 1.165) is 30.9 Å². The highest BCUT2D eigenvalue weighted by Gasteiger charge is 2.30. The van der Waals surface area contributed by atoms with Gasteiger partial charge < -0.3 is 19.0 Å². The van der Waals surface area contributed by atoms with Gasteiger partial charge in [-0.05, 0) is 49.6 Å². The monoisotopic (exact) mass is 378 g/mol. The number of carboxylic acids is 1. The summed E-state index contributed by atoms with van der Waals surface area (Å²) in [5, 5.41) is 10.7. The van der Waals surface area contributed by atoms with Crippen LogP contribution in [0.3, 0.4) is 0 Å². The molecule has 0 radical (unpaired) electrons. The van der Waals surface area contributed by atoms with E-state index in [1.807, 2.05) is 12.1 Å². The highest BCUT2D eigenvalue weighted by atomic mass is 16.4. The fraction of sp³-hybridized carbons (Fsp3) is 0.435. The summed E-state index contributed by atoms with van der Waals surface area (Å²) in [6.45, 7) is 2.62. The third-order valence-electron chi connectivity index (χ3n) is 6.47. The van der Waals surface area contributed by atoms with Gasteiger partial charge in [0.1, 0.15) is 0 Å². The molecule has 3 aromatic rings. The van der Waals surface area contributed by atoms with Crippen molar-refractivity contribution in [3.05, 3.63) is 47.2 Å². The lowest BCUT2D eigenvalue weighted by Gasteiger charge is -2.25. The molecule has 146 valence electrons. The van der Waals surface area contributed by atoms with Gasteiger partial charge in [-0.1, -0.05) is 25.3 Å². The van der Waals surface area contributed by atoms with Crippen LogP contribution in [0.15, 0.2) is 34.9 Å². The Morgan fingerprint density at radius 3 is 2.75 bits per heavy atom. The first-order valence-electron chi connectivity index (χ1n) is 10.3. The second kappa shape index (κ2) is 6.82. The average Bonchev–Trinajstić information content (AvgIpc) is 3.26. The third-order valence-corrected chi connectivity index (χ3v) is 6.47. The SMILES string of the molecule is CN1CCn2c(c(C3CCCCC3)c3ccc(C(=O)O)cc32)-c2occc2C1. The number of hydrogen-bond acceptors (Lipinski definition) is 3. The van der Waals surface area contributed by atoms with Crippen LogP contribution in [0.5, 0.6) is 0 Å². The molecule has 2 aliphatic rings. The molecule has 0 saturated heterocycles. The Hall–Kier alpha value is -2.53. The predicted molar refractivity (Wildman–Crippen MR) is 109 cm³/mol. The van der Waals surface area contributed by atoms with Crippen molar-refractivity contribution in [1.82, 2.24) is 9.47 Å². The molecular weight excluding hydrogens is 352 g/mol. The summed E-state index contributed by atoms with van der Waals surface area (Å²) in [6.07, 6.45) is 8.02. The first-order chi connectivity index (χ1) is 13.6. The maximum atomic E-state index is 11.6. The van der Waals surface area contributed by atoms with Crippen LogP contribution in [0.2, 0.25) is 0 Å². The van der Waals surface area contributed by atoms with Crippen LogP contribution in [-0.2, 0) is 13.1 Å². The van der Waals surface area contributed by atoms with Gasteiger partial charge in [0, 0.05) is 36.1 Å². The first-order valence-corrected chi connectivity index (χ1v) is 10.3. The number of carbonyl (C=O) groups is 1. The van der Waals surface area contributed by atoms with Gasteiger partial charge in [-0.3, -0.25) is 0 Å². The molecule has 1 aliphatic carbocycles. The lowest BCUT2D eigenvalue weighted by atomic mass is 9.82. The normalized spacial score (nSPS) is 18.5. The Kier molecular flexibility index (Phi) is 4.27. The van der Waals surface area contributed by atoms with E-state index >= 15 is 0 Å². The van der Waals surface area contributed by atoms with Crippen LogP contribution >= 0.6 is 0 Å². The van der Waals surface area contributed by atoms with E-state index in [1.165, 1.54) is 54.3 Å². The molecule has 1 saturated carbocycles. The van der Waals surface area contributed by atoms with E-state index in [-0.39, 0.29) is 0 Å². The minimum atomic E-state index is -0.877. The van der Waals surface area contributed by atoms with Crippen LogP contribution in [0.1, 0.15) is 59.5 Å². The lowest BCUT2D eigenvalue weighted by Crippen LogP contribution is -2.25. The summed E-state index contributed by atoms with van der Waals surface area (Å²) in [7, 11) is 2.12. The molecule has 1 N–H and O–H groups in total. The highest BCUT2D eigenvalue weighted by Crippen LogP contribution is 2.45. The van der Waals surface area contributed by atoms with Gasteiger partial charge in [-0.15, -0.1) is 0 Å². The van der Waals surface area contributed by atoms with Crippen LogP contribution < -0.4 is 0 Å². The molecular formula is C23H26N2O3. The lowest BCUT2D eigenvalue weighted by molar-refractivity contribution is 0.0697. The van der Waals surface area contributed by atoms with Gasteiger partial charge in [0.15, 0.2) is 5.76 Å². The average molecular weight is 378 g/mol. The second-order valence-electron chi connectivity index (χ2n) is 8.30. The van der Waals surface area contributed by atoms with Crippen molar-refractivity contribution in [1.29, 1.82) is 0 Å². The van der Waals surface area contributed by atoms with Crippen LogP contribution in [0.25, 0.3) is 22.4 Å². The minimum absolute atomic E-state index is 0.345. The van der Waals surface area contributed by atoms with E-state index in [2.05, 4.69) is 22.6 Å². The van der Waals surface area contributed by atoms with Crippen molar-refractivity contribution in [3.8, 4) is 11.5 Å². The van der Waals surface area contributed by atoms with Gasteiger partial charge in [0.05, 0.1) is 17.5 Å². The Morgan fingerprint density at radius 1 is 1.14 bits per heavy atom. The van der Waals surface area contributed by atoms with Crippen LogP contribution in [-0.4, -0.2) is 34.1 Å². The summed E-state index contributed by atoms with van der Waals surface area (Å²) in [5.74, 6) is 0.594. The van der Waals surface area contributed by atoms with Crippen molar-refractivity contribution in [3.63, 3.8) is 0 Å². The zero-order valence-electron chi connectivity index (χ0n) is 16.3. The van der Waals surface area contributed by atoms with Gasteiger partial charge in [0.25, 0.3) is 0 Å². The smallest absolute Gasteiger partial charge is 0.335 e. The number of carboxylic acid groups (broad SMARTS) is 1. The number of aromatic carboxylic acids is 1. The van der Waals surface area contributed by atoms with Crippen molar-refractivity contribution in [2.45, 2.75) is 51.1 Å². The summed E-state index contributed by atoms with van der Waals surface area (Å²) in [5.41, 5.74) is 5.12. The molecule has 3 heterocycles. The first kappa shape index (κ1) is 17.6. The topological polar surface area (TPSA) is 58.6 Å². The number of furan rings is 1. The maximum Gasteiger partial charge on any atom is 0.335 e. The molecule has 5 rings (SSSR count). The number of hydrogen-bond donors (Lipinski definition) is 1. The minimum Gasteiger partial charge on any atom is -0.478 e. The summed E-state index contributed by atoms with van der Waals surface area (Å²) < 4.78 is 8.35. The Labute approximate surface area is 164 Å². The molecule has 2 aromatic heterocycles. The van der Waals surface area contributed by atoms with Crippen molar-refractivity contribution in [2.75, 3.05) is 13.6 Å². The predicted octanol–water partition coefficient (Wildman–Crippen LogP) is 5.09. The molecule has 1 fully saturated rings. The second-order valence-corrected chi connectivity index (χ2v) is 8.30. The summed E-state index contributed by atoms with van der Waals surface area (Å²) in [4.78, 5) is 13.9. The molecule has 1 aromatic carbocycles. The number of likely N-dealkylation sites (N-methyl/N-ethyl adjacent to an activating group) is 1. The number of rotatable bonds is 2. The Morgan fingerprint density at radius 2 is 1.96 bits per heavy atom. The summed E-state index contributed by atoms with van der Waals surface area (Å²) >= 11 is 0. The zero-order valence-corrected chi connectivity index (χ0v) is 16.3. The largest absolute Gasteiger partial charge is 0.478 e. The van der Waals surface area contributed by atoms with Crippen molar-refractivity contribution in [2.24, 2.45) is 0 Å². The van der Waals surface area contributed by atoms with E-state index in [1.54, 1.807) is 12.3 Å². The molecule has 28 heavy (non-hydrogen) atoms. The molecule has 0 spiro atoms. The molecule has 1 aliphatic heterocycles. The molecule has 0 unspecified atom stereocenters. The standard InChI is InChI=1S/C23H26N2O3/c1-24-10-11-25-19-13-16(23(26)27)7-8-18(19)20(15-5-3-2-4-6-15)21(25)22-17(14-24)9-12-28-22/h7-9,12-13,15H,2-6,10-11,14H2,1H3,(H,26,27). The van der Waals surface area contributed by atoms with Gasteiger partial charge in [0.2, 0.25) is 0 Å². The van der Waals surface area contributed by atoms with E-state index in [4.69, 9.17) is 4.42 Å². The highest BCUT2D eigenvalue weighted by molar-refractivity contribution is 5.98. The summed E-state index contributed by atoms with van der Waals surface area (Å²) in [6, 6.07) is 7.69. The number of benzene rings is 1. The van der Waals surface area contributed by atoms with Crippen LogP contribution in [0.4, 0.5) is 0 Å². The fourth-order valence-electron chi connectivity index (χ4n) is 5.10.